The number of hydrogen-bond acceptors (Lipinski definition) is 4. The summed E-state index contributed by atoms with van der Waals surface area (Å²) < 4.78 is 0. The number of nitrogens with two attached hydrogens (primary N) is 1. The lowest BCUT2D eigenvalue weighted by Crippen LogP contribution is -2.25. The van der Waals surface area contributed by atoms with Crippen LogP contribution in [0.1, 0.15) is 24.8 Å². The minimum atomic E-state index is 0.337. The third kappa shape index (κ3) is 4.36. The van der Waals surface area contributed by atoms with Gasteiger partial charge in [-0.15, -0.1) is 11.3 Å². The quantitative estimate of drug-likeness (QED) is 0.680. The molecule has 3 nitrogen and oxygen atoms in total. The van der Waals surface area contributed by atoms with E-state index in [4.69, 9.17) is 5.73 Å². The molecular weight excluding hydrogens is 182 g/mol. The summed E-state index contributed by atoms with van der Waals surface area (Å²) in [5.74, 6) is 0. The first-order chi connectivity index (χ1) is 6.33. The molecule has 1 aromatic rings. The van der Waals surface area contributed by atoms with Gasteiger partial charge in [-0.05, 0) is 19.4 Å². The van der Waals surface area contributed by atoms with Gasteiger partial charge in [0.05, 0.1) is 0 Å². The SMILES string of the molecule is CCC(N)CCNCc1nccs1. The minimum Gasteiger partial charge on any atom is -0.328 e. The maximum atomic E-state index is 5.78. The van der Waals surface area contributed by atoms with Crippen molar-refractivity contribution in [2.24, 2.45) is 5.73 Å². The van der Waals surface area contributed by atoms with Crippen molar-refractivity contribution < 1.29 is 0 Å². The second-order valence-corrected chi connectivity index (χ2v) is 4.04. The number of aromatic nitrogens is 1. The van der Waals surface area contributed by atoms with E-state index in [1.54, 1.807) is 11.3 Å². The van der Waals surface area contributed by atoms with Crippen LogP contribution in [0.25, 0.3) is 0 Å². The summed E-state index contributed by atoms with van der Waals surface area (Å²) in [4.78, 5) is 4.18. The third-order valence-electron chi connectivity index (χ3n) is 1.98. The Bertz CT molecular complexity index is 211. The molecule has 1 unspecified atom stereocenters. The lowest BCUT2D eigenvalue weighted by molar-refractivity contribution is 0.549. The molecular formula is C9H17N3S. The molecule has 0 aliphatic rings. The highest BCUT2D eigenvalue weighted by molar-refractivity contribution is 7.09. The Labute approximate surface area is 83.4 Å². The molecule has 4 heteroatoms. The van der Waals surface area contributed by atoms with Crippen molar-refractivity contribution in [2.75, 3.05) is 6.54 Å². The lowest BCUT2D eigenvalue weighted by atomic mass is 10.2. The normalized spacial score (nSPS) is 13.1. The number of nitrogens with one attached hydrogen (secondary N) is 1. The van der Waals surface area contributed by atoms with Crippen molar-refractivity contribution in [3.8, 4) is 0 Å². The summed E-state index contributed by atoms with van der Waals surface area (Å²) in [6.07, 6.45) is 3.93. The van der Waals surface area contributed by atoms with Crippen LogP contribution in [-0.2, 0) is 6.54 Å². The summed E-state index contributed by atoms with van der Waals surface area (Å²) in [5.41, 5.74) is 5.78. The topological polar surface area (TPSA) is 50.9 Å². The largest absolute Gasteiger partial charge is 0.328 e. The van der Waals surface area contributed by atoms with Crippen LogP contribution < -0.4 is 11.1 Å². The van der Waals surface area contributed by atoms with E-state index in [-0.39, 0.29) is 0 Å². The lowest BCUT2D eigenvalue weighted by Gasteiger charge is -2.08. The van der Waals surface area contributed by atoms with Crippen LogP contribution in [0.2, 0.25) is 0 Å². The fourth-order valence-electron chi connectivity index (χ4n) is 1.03. The molecule has 3 N–H and O–H groups in total. The van der Waals surface area contributed by atoms with Gasteiger partial charge in [-0.1, -0.05) is 6.92 Å². The van der Waals surface area contributed by atoms with Gasteiger partial charge in [-0.25, -0.2) is 4.98 Å². The van der Waals surface area contributed by atoms with E-state index in [0.717, 1.165) is 30.9 Å². The molecule has 0 saturated carbocycles. The first kappa shape index (κ1) is 10.6. The van der Waals surface area contributed by atoms with Gasteiger partial charge in [0.1, 0.15) is 5.01 Å². The van der Waals surface area contributed by atoms with E-state index in [1.807, 2.05) is 11.6 Å². The molecule has 1 rings (SSSR count). The van der Waals surface area contributed by atoms with Gasteiger partial charge < -0.3 is 11.1 Å². The van der Waals surface area contributed by atoms with Crippen LogP contribution >= 0.6 is 11.3 Å². The van der Waals surface area contributed by atoms with E-state index in [1.165, 1.54) is 0 Å². The maximum Gasteiger partial charge on any atom is 0.106 e. The minimum absolute atomic E-state index is 0.337. The zero-order valence-electron chi connectivity index (χ0n) is 7.99. The van der Waals surface area contributed by atoms with Gasteiger partial charge >= 0.3 is 0 Å². The third-order valence-corrected chi connectivity index (χ3v) is 2.76. The Kier molecular flexibility index (Phi) is 4.97. The van der Waals surface area contributed by atoms with Gasteiger partial charge in [0.25, 0.3) is 0 Å². The number of hydrogen-bond donors (Lipinski definition) is 2. The molecule has 1 atom stereocenters. The molecule has 0 radical (unpaired) electrons. The van der Waals surface area contributed by atoms with Crippen LogP contribution in [-0.4, -0.2) is 17.6 Å². The fraction of sp³-hybridized carbons (Fsp3) is 0.667. The molecule has 0 aliphatic heterocycles. The summed E-state index contributed by atoms with van der Waals surface area (Å²) in [6, 6.07) is 0.337. The second kappa shape index (κ2) is 6.07. The van der Waals surface area contributed by atoms with E-state index in [9.17, 15) is 0 Å². The van der Waals surface area contributed by atoms with Crippen molar-refractivity contribution >= 4 is 11.3 Å². The highest BCUT2D eigenvalue weighted by atomic mass is 32.1. The fourth-order valence-corrected chi connectivity index (χ4v) is 1.61. The van der Waals surface area contributed by atoms with Crippen molar-refractivity contribution in [1.29, 1.82) is 0 Å². The number of nitrogens with zero attached hydrogens (tertiary/aromatic N) is 1. The zero-order valence-corrected chi connectivity index (χ0v) is 8.81. The Morgan fingerprint density at radius 2 is 2.54 bits per heavy atom. The van der Waals surface area contributed by atoms with Gasteiger partial charge in [0, 0.05) is 24.2 Å². The predicted molar refractivity (Wildman–Crippen MR) is 56.7 cm³/mol. The molecule has 0 fully saturated rings. The highest BCUT2D eigenvalue weighted by Gasteiger charge is 1.98. The van der Waals surface area contributed by atoms with Crippen LogP contribution in [0.3, 0.4) is 0 Å². The van der Waals surface area contributed by atoms with Crippen LogP contribution in [0.5, 0.6) is 0 Å². The van der Waals surface area contributed by atoms with Gasteiger partial charge in [-0.3, -0.25) is 0 Å². The van der Waals surface area contributed by atoms with Gasteiger partial charge in [0.2, 0.25) is 0 Å². The zero-order chi connectivity index (χ0) is 9.52. The summed E-state index contributed by atoms with van der Waals surface area (Å²) in [7, 11) is 0. The number of rotatable bonds is 6. The molecule has 0 aliphatic carbocycles. The van der Waals surface area contributed by atoms with Gasteiger partial charge in [0.15, 0.2) is 0 Å². The Hall–Kier alpha value is -0.450. The molecule has 0 saturated heterocycles. The predicted octanol–water partition coefficient (Wildman–Crippen LogP) is 1.36. The average Bonchev–Trinajstić information content (AvgIpc) is 2.64. The molecule has 1 heterocycles. The Morgan fingerprint density at radius 3 is 3.15 bits per heavy atom. The van der Waals surface area contributed by atoms with Crippen LogP contribution in [0, 0.1) is 0 Å². The first-order valence-corrected chi connectivity index (χ1v) is 5.55. The smallest absolute Gasteiger partial charge is 0.106 e. The molecule has 0 spiro atoms. The van der Waals surface area contributed by atoms with Crippen molar-refractivity contribution in [3.05, 3.63) is 16.6 Å². The van der Waals surface area contributed by atoms with Gasteiger partial charge in [-0.2, -0.15) is 0 Å². The van der Waals surface area contributed by atoms with E-state index in [0.29, 0.717) is 6.04 Å². The van der Waals surface area contributed by atoms with Crippen molar-refractivity contribution in [1.82, 2.24) is 10.3 Å². The second-order valence-electron chi connectivity index (χ2n) is 3.06. The molecule has 0 bridgehead atoms. The Balaban J connectivity index is 2.02. The van der Waals surface area contributed by atoms with Crippen LogP contribution in [0.4, 0.5) is 0 Å². The monoisotopic (exact) mass is 199 g/mol. The summed E-state index contributed by atoms with van der Waals surface area (Å²) in [6.45, 7) is 3.97. The highest BCUT2D eigenvalue weighted by Crippen LogP contribution is 2.02. The molecule has 1 aromatic heterocycles. The molecule has 0 aromatic carbocycles. The van der Waals surface area contributed by atoms with E-state index < -0.39 is 0 Å². The summed E-state index contributed by atoms with van der Waals surface area (Å²) >= 11 is 1.68. The molecule has 13 heavy (non-hydrogen) atoms. The maximum absolute atomic E-state index is 5.78. The van der Waals surface area contributed by atoms with E-state index >= 15 is 0 Å². The van der Waals surface area contributed by atoms with Crippen LogP contribution in [0.15, 0.2) is 11.6 Å². The van der Waals surface area contributed by atoms with Crippen molar-refractivity contribution in [3.63, 3.8) is 0 Å². The first-order valence-electron chi connectivity index (χ1n) is 4.67. The van der Waals surface area contributed by atoms with E-state index in [2.05, 4.69) is 17.2 Å². The molecule has 0 amide bonds. The summed E-state index contributed by atoms with van der Waals surface area (Å²) in [5, 5.41) is 6.46. The molecule has 74 valence electrons. The Morgan fingerprint density at radius 1 is 1.69 bits per heavy atom. The van der Waals surface area contributed by atoms with Crippen molar-refractivity contribution in [2.45, 2.75) is 32.4 Å². The standard InChI is InChI=1S/C9H17N3S/c1-2-8(10)3-4-11-7-9-12-5-6-13-9/h5-6,8,11H,2-4,7,10H2,1H3. The number of thiazole rings is 1. The average molecular weight is 199 g/mol.